The summed E-state index contributed by atoms with van der Waals surface area (Å²) in [6, 6.07) is 13.6. The molecule has 0 unspecified atom stereocenters. The van der Waals surface area contributed by atoms with Crippen LogP contribution in [0.4, 0.5) is 5.69 Å². The molecule has 2 amide bonds. The lowest BCUT2D eigenvalue weighted by molar-refractivity contribution is -0.115. The average molecular weight is 398 g/mol. The molecule has 0 aliphatic carbocycles. The van der Waals surface area contributed by atoms with Crippen molar-refractivity contribution < 1.29 is 9.59 Å². The molecule has 3 aromatic rings. The number of nitrogens with zero attached hydrogens (tertiary/aromatic N) is 1. The molecule has 0 radical (unpaired) electrons. The van der Waals surface area contributed by atoms with Gasteiger partial charge in [-0.3, -0.25) is 9.59 Å². The third-order valence-corrected chi connectivity index (χ3v) is 6.47. The number of hydrogen-bond acceptors (Lipinski definition) is 5. The predicted octanol–water partition coefficient (Wildman–Crippen LogP) is 4.09. The second-order valence-electron chi connectivity index (χ2n) is 6.29. The van der Waals surface area contributed by atoms with Crippen LogP contribution < -0.4 is 10.6 Å². The van der Waals surface area contributed by atoms with Crippen LogP contribution in [0, 0.1) is 0 Å². The van der Waals surface area contributed by atoms with E-state index in [2.05, 4.69) is 21.7 Å². The van der Waals surface area contributed by atoms with Crippen LogP contribution >= 0.6 is 23.1 Å². The molecular formula is C20H19N3O2S2. The molecule has 0 saturated carbocycles. The number of aromatic nitrogens is 1. The van der Waals surface area contributed by atoms with E-state index in [1.165, 1.54) is 4.70 Å². The van der Waals surface area contributed by atoms with Gasteiger partial charge in [0.05, 0.1) is 20.9 Å². The van der Waals surface area contributed by atoms with E-state index in [1.54, 1.807) is 29.2 Å². The molecule has 2 N–H and O–H groups in total. The SMILES string of the molecule is O=C1CCSc2ccc(C(=O)NCCCc3nc4ccccc4s3)cc2N1. The number of carbonyl (C=O) groups excluding carboxylic acids is 2. The first-order valence-electron chi connectivity index (χ1n) is 8.88. The molecule has 5 nitrogen and oxygen atoms in total. The topological polar surface area (TPSA) is 71.1 Å². The Labute approximate surface area is 165 Å². The fourth-order valence-electron chi connectivity index (χ4n) is 2.93. The summed E-state index contributed by atoms with van der Waals surface area (Å²) in [4.78, 5) is 29.7. The van der Waals surface area contributed by atoms with Crippen LogP contribution in [0.1, 0.15) is 28.2 Å². The van der Waals surface area contributed by atoms with Crippen molar-refractivity contribution in [2.75, 3.05) is 17.6 Å². The number of thiazole rings is 1. The quantitative estimate of drug-likeness (QED) is 0.636. The third-order valence-electron chi connectivity index (χ3n) is 4.29. The van der Waals surface area contributed by atoms with Gasteiger partial charge in [0.1, 0.15) is 0 Å². The number of thioether (sulfide) groups is 1. The minimum absolute atomic E-state index is 0.00496. The largest absolute Gasteiger partial charge is 0.352 e. The van der Waals surface area contributed by atoms with Gasteiger partial charge in [0, 0.05) is 35.6 Å². The Balaban J connectivity index is 1.32. The molecule has 0 saturated heterocycles. The molecule has 2 aromatic carbocycles. The van der Waals surface area contributed by atoms with Gasteiger partial charge in [0.25, 0.3) is 5.91 Å². The Morgan fingerprint density at radius 2 is 2.11 bits per heavy atom. The van der Waals surface area contributed by atoms with Crippen molar-refractivity contribution in [1.82, 2.24) is 10.3 Å². The molecule has 7 heteroatoms. The number of benzene rings is 2. The number of aryl methyl sites for hydroxylation is 1. The summed E-state index contributed by atoms with van der Waals surface area (Å²) >= 11 is 3.34. The second-order valence-corrected chi connectivity index (χ2v) is 8.54. The van der Waals surface area contributed by atoms with E-state index in [-0.39, 0.29) is 11.8 Å². The van der Waals surface area contributed by atoms with Crippen molar-refractivity contribution in [2.45, 2.75) is 24.2 Å². The van der Waals surface area contributed by atoms with Crippen LogP contribution in [0.3, 0.4) is 0 Å². The van der Waals surface area contributed by atoms with Crippen LogP contribution in [0.15, 0.2) is 47.4 Å². The van der Waals surface area contributed by atoms with Crippen LogP contribution in [-0.2, 0) is 11.2 Å². The van der Waals surface area contributed by atoms with Gasteiger partial charge < -0.3 is 10.6 Å². The van der Waals surface area contributed by atoms with E-state index in [0.29, 0.717) is 18.5 Å². The molecule has 2 heterocycles. The zero-order chi connectivity index (χ0) is 18.6. The molecule has 1 aliphatic heterocycles. The number of hydrogen-bond donors (Lipinski definition) is 2. The summed E-state index contributed by atoms with van der Waals surface area (Å²) in [6.07, 6.45) is 2.17. The molecule has 0 bridgehead atoms. The van der Waals surface area contributed by atoms with E-state index >= 15 is 0 Å². The maximum Gasteiger partial charge on any atom is 0.251 e. The van der Waals surface area contributed by atoms with Gasteiger partial charge in [-0.1, -0.05) is 12.1 Å². The molecular weight excluding hydrogens is 378 g/mol. The number of rotatable bonds is 5. The summed E-state index contributed by atoms with van der Waals surface area (Å²) in [5, 5.41) is 6.92. The minimum atomic E-state index is -0.120. The number of fused-ring (bicyclic) bond motifs is 2. The van der Waals surface area contributed by atoms with Crippen molar-refractivity contribution >= 4 is 50.8 Å². The van der Waals surface area contributed by atoms with Gasteiger partial charge >= 0.3 is 0 Å². The average Bonchev–Trinajstić information content (AvgIpc) is 2.99. The van der Waals surface area contributed by atoms with Crippen LogP contribution in [0.2, 0.25) is 0 Å². The summed E-state index contributed by atoms with van der Waals surface area (Å²) < 4.78 is 1.20. The highest BCUT2D eigenvalue weighted by atomic mass is 32.2. The van der Waals surface area contributed by atoms with Gasteiger partial charge in [0.2, 0.25) is 5.91 Å². The maximum atomic E-state index is 12.4. The van der Waals surface area contributed by atoms with Gasteiger partial charge in [-0.05, 0) is 36.8 Å². The number of para-hydroxylation sites is 1. The number of anilines is 1. The van der Waals surface area contributed by atoms with Gasteiger partial charge in [-0.25, -0.2) is 4.98 Å². The van der Waals surface area contributed by atoms with Crippen molar-refractivity contribution in [2.24, 2.45) is 0 Å². The van der Waals surface area contributed by atoms with E-state index < -0.39 is 0 Å². The molecule has 0 fully saturated rings. The number of amides is 2. The summed E-state index contributed by atoms with van der Waals surface area (Å²) in [7, 11) is 0. The summed E-state index contributed by atoms with van der Waals surface area (Å²) in [6.45, 7) is 0.590. The molecule has 4 rings (SSSR count). The number of nitrogens with one attached hydrogen (secondary N) is 2. The highest BCUT2D eigenvalue weighted by molar-refractivity contribution is 7.99. The first-order chi connectivity index (χ1) is 13.2. The maximum absolute atomic E-state index is 12.4. The molecule has 27 heavy (non-hydrogen) atoms. The zero-order valence-corrected chi connectivity index (χ0v) is 16.3. The lowest BCUT2D eigenvalue weighted by atomic mass is 10.1. The standard InChI is InChI=1S/C20H19N3O2S2/c24-18-9-11-26-16-8-7-13(12-15(16)22-18)20(25)21-10-3-6-19-23-14-4-1-2-5-17(14)27-19/h1-2,4-5,7-8,12H,3,6,9-11H2,(H,21,25)(H,22,24). The van der Waals surface area contributed by atoms with Crippen molar-refractivity contribution in [3.63, 3.8) is 0 Å². The van der Waals surface area contributed by atoms with Crippen LogP contribution in [0.25, 0.3) is 10.2 Å². The first-order valence-corrected chi connectivity index (χ1v) is 10.7. The number of carbonyl (C=O) groups is 2. The minimum Gasteiger partial charge on any atom is -0.352 e. The molecule has 1 aromatic heterocycles. The van der Waals surface area contributed by atoms with Gasteiger partial charge in [0.15, 0.2) is 0 Å². The van der Waals surface area contributed by atoms with Gasteiger partial charge in [-0.2, -0.15) is 0 Å². The second kappa shape index (κ2) is 8.10. The Morgan fingerprint density at radius 3 is 3.00 bits per heavy atom. The Kier molecular flexibility index (Phi) is 5.40. The Bertz CT molecular complexity index is 967. The van der Waals surface area contributed by atoms with E-state index in [0.717, 1.165) is 39.7 Å². The predicted molar refractivity (Wildman–Crippen MR) is 111 cm³/mol. The fraction of sp³-hybridized carbons (Fsp3) is 0.250. The molecule has 0 atom stereocenters. The van der Waals surface area contributed by atoms with Crippen molar-refractivity contribution in [3.8, 4) is 0 Å². The van der Waals surface area contributed by atoms with Crippen molar-refractivity contribution in [3.05, 3.63) is 53.0 Å². The smallest absolute Gasteiger partial charge is 0.251 e. The van der Waals surface area contributed by atoms with E-state index in [1.807, 2.05) is 30.3 Å². The Hall–Kier alpha value is -2.38. The van der Waals surface area contributed by atoms with E-state index in [4.69, 9.17) is 0 Å². The summed E-state index contributed by atoms with van der Waals surface area (Å²) in [5.41, 5.74) is 2.33. The third kappa shape index (κ3) is 4.31. The summed E-state index contributed by atoms with van der Waals surface area (Å²) in [5.74, 6) is 0.635. The first kappa shape index (κ1) is 18.0. The van der Waals surface area contributed by atoms with Crippen LogP contribution in [-0.4, -0.2) is 29.1 Å². The van der Waals surface area contributed by atoms with Crippen LogP contribution in [0.5, 0.6) is 0 Å². The fourth-order valence-corrected chi connectivity index (χ4v) is 4.88. The monoisotopic (exact) mass is 397 g/mol. The molecule has 0 spiro atoms. The lowest BCUT2D eigenvalue weighted by Crippen LogP contribution is -2.25. The highest BCUT2D eigenvalue weighted by Gasteiger charge is 2.15. The van der Waals surface area contributed by atoms with Crippen molar-refractivity contribution in [1.29, 1.82) is 0 Å². The lowest BCUT2D eigenvalue weighted by Gasteiger charge is -2.09. The van der Waals surface area contributed by atoms with Gasteiger partial charge in [-0.15, -0.1) is 23.1 Å². The highest BCUT2D eigenvalue weighted by Crippen LogP contribution is 2.31. The zero-order valence-electron chi connectivity index (χ0n) is 14.7. The normalized spacial score (nSPS) is 13.7. The molecule has 1 aliphatic rings. The molecule has 138 valence electrons. The van der Waals surface area contributed by atoms with E-state index in [9.17, 15) is 9.59 Å². The Morgan fingerprint density at radius 1 is 1.22 bits per heavy atom.